The number of hydrazone groups is 1. The Kier molecular flexibility index (Phi) is 6.66. The van der Waals surface area contributed by atoms with Crippen LogP contribution in [0.15, 0.2) is 70.2 Å². The van der Waals surface area contributed by atoms with Crippen LogP contribution in [0.5, 0.6) is 0 Å². The van der Waals surface area contributed by atoms with Gasteiger partial charge in [-0.25, -0.2) is 0 Å². The Morgan fingerprint density at radius 2 is 1.66 bits per heavy atom. The Bertz CT molecular complexity index is 1100. The topological polar surface area (TPSA) is 83.9 Å². The van der Waals surface area contributed by atoms with Gasteiger partial charge >= 0.3 is 0 Å². The summed E-state index contributed by atoms with van der Waals surface area (Å²) in [5, 5.41) is 4.46. The lowest BCUT2D eigenvalue weighted by atomic mass is 9.93. The molecule has 1 heterocycles. The molecular weight excluding hydrogens is 420 g/mol. The van der Waals surface area contributed by atoms with Crippen LogP contribution in [0.2, 0.25) is 0 Å². The molecule has 1 aliphatic rings. The Hall–Kier alpha value is -3.45. The number of fused-ring (bicyclic) bond motifs is 1. The zero-order valence-electron chi connectivity index (χ0n) is 18.0. The number of amides is 1. The molecule has 1 aliphatic carbocycles. The molecule has 0 spiro atoms. The lowest BCUT2D eigenvalue weighted by Crippen LogP contribution is -2.30. The molecule has 4 rings (SSSR count). The summed E-state index contributed by atoms with van der Waals surface area (Å²) in [6.45, 7) is 2.90. The lowest BCUT2D eigenvalue weighted by molar-refractivity contribution is 0.0694. The lowest BCUT2D eigenvalue weighted by Gasteiger charge is -2.22. The predicted octanol–water partition coefficient (Wildman–Crippen LogP) is 4.30. The minimum Gasteiger partial charge on any atom is -0.455 e. The summed E-state index contributed by atoms with van der Waals surface area (Å²) in [6, 6.07) is 20.0. The highest BCUT2D eigenvalue weighted by Gasteiger charge is 2.30. The van der Waals surface area contributed by atoms with Gasteiger partial charge in [-0.3, -0.25) is 10.2 Å². The fourth-order valence-corrected chi connectivity index (χ4v) is 4.10. The Morgan fingerprint density at radius 3 is 2.22 bits per heavy atom. The number of carbonyl (C=O) groups is 1. The maximum absolute atomic E-state index is 13.7. The molecule has 164 valence electrons. The van der Waals surface area contributed by atoms with Crippen molar-refractivity contribution in [3.05, 3.63) is 94.4 Å². The van der Waals surface area contributed by atoms with Crippen molar-refractivity contribution in [3.8, 4) is 0 Å². The van der Waals surface area contributed by atoms with E-state index in [4.69, 9.17) is 22.4 Å². The molecular formula is C25H26N4O2S. The van der Waals surface area contributed by atoms with Gasteiger partial charge in [0.15, 0.2) is 10.9 Å². The number of furan rings is 1. The van der Waals surface area contributed by atoms with E-state index in [0.29, 0.717) is 18.8 Å². The molecule has 1 aromatic heterocycles. The summed E-state index contributed by atoms with van der Waals surface area (Å²) in [4.78, 5) is 15.5. The molecule has 0 radical (unpaired) electrons. The van der Waals surface area contributed by atoms with Gasteiger partial charge in [-0.1, -0.05) is 60.7 Å². The van der Waals surface area contributed by atoms with Crippen LogP contribution in [-0.2, 0) is 19.5 Å². The number of carbonyl (C=O) groups excluding carboxylic acids is 1. The van der Waals surface area contributed by atoms with E-state index in [9.17, 15) is 4.79 Å². The van der Waals surface area contributed by atoms with Crippen molar-refractivity contribution in [2.75, 3.05) is 0 Å². The largest absolute Gasteiger partial charge is 0.455 e. The minimum absolute atomic E-state index is 0.110. The number of hydrogen-bond donors (Lipinski definition) is 2. The summed E-state index contributed by atoms with van der Waals surface area (Å²) in [6.07, 6.45) is 2.43. The van der Waals surface area contributed by atoms with E-state index >= 15 is 0 Å². The highest BCUT2D eigenvalue weighted by molar-refractivity contribution is 7.80. The molecule has 0 saturated carbocycles. The maximum Gasteiger partial charge on any atom is 0.290 e. The van der Waals surface area contributed by atoms with E-state index in [0.717, 1.165) is 53.0 Å². The van der Waals surface area contributed by atoms with Gasteiger partial charge in [0, 0.05) is 30.6 Å². The van der Waals surface area contributed by atoms with E-state index in [1.165, 1.54) is 0 Å². The number of hydrogen-bond acceptors (Lipinski definition) is 4. The second-order valence-electron chi connectivity index (χ2n) is 7.87. The van der Waals surface area contributed by atoms with E-state index in [-0.39, 0.29) is 11.0 Å². The van der Waals surface area contributed by atoms with Crippen LogP contribution in [0.3, 0.4) is 0 Å². The molecule has 3 N–H and O–H groups in total. The second-order valence-corrected chi connectivity index (χ2v) is 8.31. The summed E-state index contributed by atoms with van der Waals surface area (Å²) in [5.74, 6) is 1.03. The van der Waals surface area contributed by atoms with E-state index in [2.05, 4.69) is 10.5 Å². The molecule has 7 heteroatoms. The Labute approximate surface area is 193 Å². The van der Waals surface area contributed by atoms with Gasteiger partial charge in [-0.2, -0.15) is 5.10 Å². The SMILES string of the molecule is Cc1c(C(=O)N(Cc2ccccc2)Cc2ccccc2)oc2c1/C(=N/NC(N)=S)CCC2. The number of nitrogens with zero attached hydrogens (tertiary/aromatic N) is 2. The quantitative estimate of drug-likeness (QED) is 0.436. The highest BCUT2D eigenvalue weighted by atomic mass is 32.1. The predicted molar refractivity (Wildman–Crippen MR) is 129 cm³/mol. The van der Waals surface area contributed by atoms with Gasteiger partial charge < -0.3 is 15.1 Å². The van der Waals surface area contributed by atoms with Gasteiger partial charge in [0.25, 0.3) is 5.91 Å². The first-order valence-corrected chi connectivity index (χ1v) is 11.1. The standard InChI is InChI=1S/C25H26N4O2S/c1-17-22-20(27-28-25(26)32)13-8-14-21(22)31-23(17)24(30)29(15-18-9-4-2-5-10-18)16-19-11-6-3-7-12-19/h2-7,9-12H,8,13-16H2,1H3,(H3,26,28,32)/b27-20+. The average molecular weight is 447 g/mol. The molecule has 0 bridgehead atoms. The van der Waals surface area contributed by atoms with Crippen molar-refractivity contribution in [1.82, 2.24) is 10.3 Å². The first-order valence-electron chi connectivity index (χ1n) is 10.6. The van der Waals surface area contributed by atoms with E-state index in [1.807, 2.05) is 72.5 Å². The van der Waals surface area contributed by atoms with E-state index in [1.54, 1.807) is 0 Å². The number of benzene rings is 2. The molecule has 32 heavy (non-hydrogen) atoms. The number of aryl methyl sites for hydroxylation is 1. The number of rotatable bonds is 6. The van der Waals surface area contributed by atoms with Gasteiger partial charge in [0.05, 0.1) is 5.71 Å². The van der Waals surface area contributed by atoms with Crippen molar-refractivity contribution in [2.45, 2.75) is 39.3 Å². The minimum atomic E-state index is -0.133. The molecule has 0 aliphatic heterocycles. The maximum atomic E-state index is 13.7. The van der Waals surface area contributed by atoms with Gasteiger partial charge in [-0.05, 0) is 43.1 Å². The van der Waals surface area contributed by atoms with Crippen LogP contribution in [0.1, 0.15) is 51.4 Å². The van der Waals surface area contributed by atoms with Crippen molar-refractivity contribution in [1.29, 1.82) is 0 Å². The average Bonchev–Trinajstić information content (AvgIpc) is 3.15. The molecule has 6 nitrogen and oxygen atoms in total. The zero-order valence-corrected chi connectivity index (χ0v) is 18.8. The normalized spacial score (nSPS) is 14.1. The Balaban J connectivity index is 1.67. The second kappa shape index (κ2) is 9.78. The fraction of sp³-hybridized carbons (Fsp3) is 0.240. The van der Waals surface area contributed by atoms with Crippen molar-refractivity contribution in [3.63, 3.8) is 0 Å². The number of thiocarbonyl (C=S) groups is 1. The number of nitrogens with two attached hydrogens (primary N) is 1. The van der Waals surface area contributed by atoms with Gasteiger partial charge in [0.2, 0.25) is 0 Å². The van der Waals surface area contributed by atoms with Crippen LogP contribution in [-0.4, -0.2) is 21.6 Å². The number of nitrogens with one attached hydrogen (secondary N) is 1. The van der Waals surface area contributed by atoms with Crippen LogP contribution in [0.25, 0.3) is 0 Å². The molecule has 3 aromatic rings. The third kappa shape index (κ3) is 4.89. The van der Waals surface area contributed by atoms with Crippen molar-refractivity contribution < 1.29 is 9.21 Å². The van der Waals surface area contributed by atoms with Crippen LogP contribution >= 0.6 is 12.2 Å². The third-order valence-corrected chi connectivity index (χ3v) is 5.63. The Morgan fingerprint density at radius 1 is 1.06 bits per heavy atom. The van der Waals surface area contributed by atoms with Crippen LogP contribution < -0.4 is 11.2 Å². The summed E-state index contributed by atoms with van der Waals surface area (Å²) in [7, 11) is 0. The smallest absolute Gasteiger partial charge is 0.290 e. The summed E-state index contributed by atoms with van der Waals surface area (Å²) >= 11 is 4.88. The highest BCUT2D eigenvalue weighted by Crippen LogP contribution is 2.31. The van der Waals surface area contributed by atoms with Crippen LogP contribution in [0.4, 0.5) is 0 Å². The first-order chi connectivity index (χ1) is 15.5. The van der Waals surface area contributed by atoms with E-state index < -0.39 is 0 Å². The molecule has 0 atom stereocenters. The van der Waals surface area contributed by atoms with Crippen molar-refractivity contribution in [2.24, 2.45) is 10.8 Å². The summed E-state index contributed by atoms with van der Waals surface area (Å²) < 4.78 is 6.13. The summed E-state index contributed by atoms with van der Waals surface area (Å²) in [5.41, 5.74) is 12.8. The molecule has 1 amide bonds. The molecule has 0 saturated heterocycles. The first kappa shape index (κ1) is 21.8. The molecule has 0 fully saturated rings. The van der Waals surface area contributed by atoms with Gasteiger partial charge in [0.1, 0.15) is 5.76 Å². The zero-order chi connectivity index (χ0) is 22.5. The molecule has 0 unspecified atom stereocenters. The van der Waals surface area contributed by atoms with Crippen LogP contribution in [0, 0.1) is 6.92 Å². The molecule has 2 aromatic carbocycles. The fourth-order valence-electron chi connectivity index (χ4n) is 4.06. The van der Waals surface area contributed by atoms with Gasteiger partial charge in [-0.15, -0.1) is 0 Å². The third-order valence-electron chi connectivity index (χ3n) is 5.54. The van der Waals surface area contributed by atoms with Crippen molar-refractivity contribution >= 4 is 28.9 Å². The monoisotopic (exact) mass is 446 g/mol.